The second-order valence-corrected chi connectivity index (χ2v) is 3.00. The van der Waals surface area contributed by atoms with Crippen molar-refractivity contribution in [3.8, 4) is 0 Å². The number of anilines is 1. The van der Waals surface area contributed by atoms with E-state index in [1.807, 2.05) is 0 Å². The summed E-state index contributed by atoms with van der Waals surface area (Å²) in [6, 6.07) is 4.49. The molecule has 1 aromatic carbocycles. The average molecular weight is 260 g/mol. The van der Waals surface area contributed by atoms with Gasteiger partial charge in [-0.2, -0.15) is 0 Å². The van der Waals surface area contributed by atoms with E-state index < -0.39 is 4.92 Å². The Balaban J connectivity index is 0.00000256. The lowest BCUT2D eigenvalue weighted by atomic mass is 10.1. The van der Waals surface area contributed by atoms with Gasteiger partial charge in [0.1, 0.15) is 5.69 Å². The summed E-state index contributed by atoms with van der Waals surface area (Å²) in [5.74, 6) is -0.0618. The van der Waals surface area contributed by atoms with Crippen LogP contribution in [0.15, 0.2) is 18.2 Å². The van der Waals surface area contributed by atoms with Gasteiger partial charge < -0.3 is 10.1 Å². The minimum Gasteiger partial charge on any atom is -0.478 e. The molecule has 0 unspecified atom stereocenters. The number of nitrogens with one attached hydrogen (secondary N) is 2. The first-order chi connectivity index (χ1) is 7.60. The summed E-state index contributed by atoms with van der Waals surface area (Å²) in [6.07, 6.45) is 0. The fourth-order valence-electron chi connectivity index (χ4n) is 1.26. The Morgan fingerprint density at radius 1 is 1.59 bits per heavy atom. The summed E-state index contributed by atoms with van der Waals surface area (Å²) in [5.41, 5.74) is 0.745. The van der Waals surface area contributed by atoms with Crippen LogP contribution in [0.25, 0.3) is 0 Å². The molecule has 1 rings (SSSR count). The van der Waals surface area contributed by atoms with Gasteiger partial charge in [0.15, 0.2) is 0 Å². The van der Waals surface area contributed by atoms with E-state index >= 15 is 0 Å². The Kier molecular flexibility index (Phi) is 5.98. The van der Waals surface area contributed by atoms with Crippen molar-refractivity contribution in [2.75, 3.05) is 19.0 Å². The monoisotopic (exact) mass is 259 g/mol. The van der Waals surface area contributed by atoms with Gasteiger partial charge in [0.25, 0.3) is 5.69 Å². The number of nitro groups is 1. The Labute approximate surface area is 105 Å². The molecule has 7 heteroatoms. The molecule has 0 amide bonds. The van der Waals surface area contributed by atoms with Gasteiger partial charge in [-0.1, -0.05) is 0 Å². The number of halogens is 1. The molecule has 2 N–H and O–H groups in total. The first-order valence-electron chi connectivity index (χ1n) is 4.78. The highest BCUT2D eigenvalue weighted by Gasteiger charge is 2.15. The van der Waals surface area contributed by atoms with Crippen LogP contribution in [0, 0.1) is 15.5 Å². The molecule has 1 aromatic rings. The van der Waals surface area contributed by atoms with E-state index in [1.54, 1.807) is 26.1 Å². The minimum absolute atomic E-state index is 0. The van der Waals surface area contributed by atoms with Gasteiger partial charge in [-0.25, -0.2) is 0 Å². The number of nitro benzene ring substituents is 1. The Hall–Kier alpha value is -1.82. The Morgan fingerprint density at radius 2 is 2.24 bits per heavy atom. The highest BCUT2D eigenvalue weighted by Crippen LogP contribution is 2.25. The molecule has 0 bridgehead atoms. The van der Waals surface area contributed by atoms with Crippen molar-refractivity contribution in [3.63, 3.8) is 0 Å². The number of hydrogen-bond donors (Lipinski definition) is 2. The van der Waals surface area contributed by atoms with E-state index in [9.17, 15) is 10.1 Å². The second-order valence-electron chi connectivity index (χ2n) is 3.00. The smallest absolute Gasteiger partial charge is 0.293 e. The standard InChI is InChI=1S/C10H13N3O3.ClH/c1-3-16-10(11)7-4-5-8(12-2)9(6-7)13(14)15;/h4-6,11-12H,3H2,1-2H3;1H. The summed E-state index contributed by atoms with van der Waals surface area (Å²) in [4.78, 5) is 10.3. The molecule has 94 valence electrons. The van der Waals surface area contributed by atoms with Gasteiger partial charge in [0.2, 0.25) is 5.90 Å². The maximum Gasteiger partial charge on any atom is 0.293 e. The quantitative estimate of drug-likeness (QED) is 0.376. The molecule has 0 aliphatic heterocycles. The van der Waals surface area contributed by atoms with Gasteiger partial charge in [-0.05, 0) is 19.1 Å². The van der Waals surface area contributed by atoms with Crippen LogP contribution in [0.5, 0.6) is 0 Å². The molecule has 0 fully saturated rings. The summed E-state index contributed by atoms with van der Waals surface area (Å²) in [7, 11) is 1.61. The minimum atomic E-state index is -0.492. The van der Waals surface area contributed by atoms with Crippen LogP contribution in [-0.2, 0) is 4.74 Å². The molecule has 0 aliphatic carbocycles. The third kappa shape index (κ3) is 3.60. The van der Waals surface area contributed by atoms with Crippen molar-refractivity contribution in [2.45, 2.75) is 6.92 Å². The number of ether oxygens (including phenoxy) is 1. The highest BCUT2D eigenvalue weighted by molar-refractivity contribution is 5.93. The normalized spacial score (nSPS) is 9.06. The fourth-order valence-corrected chi connectivity index (χ4v) is 1.26. The van der Waals surface area contributed by atoms with Gasteiger partial charge >= 0.3 is 0 Å². The SMILES string of the molecule is CCOC(=N)c1ccc(NC)c([N+](=O)[O-])c1.Cl. The zero-order valence-electron chi connectivity index (χ0n) is 9.52. The van der Waals surface area contributed by atoms with Gasteiger partial charge in [0.05, 0.1) is 11.5 Å². The topological polar surface area (TPSA) is 88.2 Å². The van der Waals surface area contributed by atoms with Crippen LogP contribution in [0.4, 0.5) is 11.4 Å². The molecule has 0 spiro atoms. The number of rotatable bonds is 4. The molecule has 0 atom stereocenters. The van der Waals surface area contributed by atoms with E-state index in [4.69, 9.17) is 10.1 Å². The lowest BCUT2D eigenvalue weighted by molar-refractivity contribution is -0.384. The third-order valence-electron chi connectivity index (χ3n) is 2.01. The molecule has 0 saturated carbocycles. The van der Waals surface area contributed by atoms with E-state index in [0.29, 0.717) is 17.9 Å². The van der Waals surface area contributed by atoms with Crippen LogP contribution in [0.3, 0.4) is 0 Å². The second kappa shape index (κ2) is 6.70. The molecule has 17 heavy (non-hydrogen) atoms. The lowest BCUT2D eigenvalue weighted by Gasteiger charge is -2.06. The Bertz CT molecular complexity index is 423. The van der Waals surface area contributed by atoms with Crippen LogP contribution in [0.2, 0.25) is 0 Å². The summed E-state index contributed by atoms with van der Waals surface area (Å²) >= 11 is 0. The van der Waals surface area contributed by atoms with Crippen LogP contribution < -0.4 is 5.32 Å². The number of nitrogens with zero attached hydrogens (tertiary/aromatic N) is 1. The van der Waals surface area contributed by atoms with Crippen molar-refractivity contribution in [1.82, 2.24) is 0 Å². The maximum absolute atomic E-state index is 10.8. The summed E-state index contributed by atoms with van der Waals surface area (Å²) in [5, 5.41) is 21.0. The number of benzene rings is 1. The van der Waals surface area contributed by atoms with E-state index in [1.165, 1.54) is 6.07 Å². The molecular formula is C10H14ClN3O3. The lowest BCUT2D eigenvalue weighted by Crippen LogP contribution is -2.06. The fraction of sp³-hybridized carbons (Fsp3) is 0.300. The van der Waals surface area contributed by atoms with Gasteiger partial charge in [-0.3, -0.25) is 15.5 Å². The van der Waals surface area contributed by atoms with Crippen molar-refractivity contribution in [3.05, 3.63) is 33.9 Å². The van der Waals surface area contributed by atoms with E-state index in [2.05, 4.69) is 5.32 Å². The van der Waals surface area contributed by atoms with Crippen LogP contribution in [-0.4, -0.2) is 24.5 Å². The van der Waals surface area contributed by atoms with Crippen molar-refractivity contribution >= 4 is 29.7 Å². The van der Waals surface area contributed by atoms with Gasteiger partial charge in [0, 0.05) is 18.7 Å². The highest BCUT2D eigenvalue weighted by atomic mass is 35.5. The molecule has 0 heterocycles. The predicted molar refractivity (Wildman–Crippen MR) is 68.3 cm³/mol. The van der Waals surface area contributed by atoms with Gasteiger partial charge in [-0.15, -0.1) is 12.4 Å². The zero-order chi connectivity index (χ0) is 12.1. The first kappa shape index (κ1) is 15.2. The van der Waals surface area contributed by atoms with Crippen LogP contribution in [0.1, 0.15) is 12.5 Å². The Morgan fingerprint density at radius 3 is 2.71 bits per heavy atom. The molecule has 0 saturated heterocycles. The predicted octanol–water partition coefficient (Wildman–Crippen LogP) is 2.42. The van der Waals surface area contributed by atoms with Crippen molar-refractivity contribution in [1.29, 1.82) is 5.41 Å². The number of hydrogen-bond acceptors (Lipinski definition) is 5. The first-order valence-corrected chi connectivity index (χ1v) is 4.78. The maximum atomic E-state index is 10.8. The van der Waals surface area contributed by atoms with E-state index in [-0.39, 0.29) is 24.0 Å². The van der Waals surface area contributed by atoms with E-state index in [0.717, 1.165) is 0 Å². The van der Waals surface area contributed by atoms with Crippen molar-refractivity contribution in [2.24, 2.45) is 0 Å². The average Bonchev–Trinajstić information content (AvgIpc) is 2.28. The molecule has 6 nitrogen and oxygen atoms in total. The third-order valence-corrected chi connectivity index (χ3v) is 2.01. The largest absolute Gasteiger partial charge is 0.478 e. The molecular weight excluding hydrogens is 246 g/mol. The zero-order valence-corrected chi connectivity index (χ0v) is 10.3. The summed E-state index contributed by atoms with van der Waals surface area (Å²) in [6.45, 7) is 2.12. The van der Waals surface area contributed by atoms with Crippen LogP contribution >= 0.6 is 12.4 Å². The molecule has 0 aromatic heterocycles. The summed E-state index contributed by atoms with van der Waals surface area (Å²) < 4.78 is 4.98. The molecule has 0 radical (unpaired) electrons. The molecule has 0 aliphatic rings. The van der Waals surface area contributed by atoms with Crippen molar-refractivity contribution < 1.29 is 9.66 Å².